The molecule has 3 aromatic rings. The van der Waals surface area contributed by atoms with E-state index in [1.54, 1.807) is 12.1 Å². The number of hydrogen-bond donors (Lipinski definition) is 3. The zero-order chi connectivity index (χ0) is 12.7. The average Bonchev–Trinajstić information content (AvgIpc) is 2.90. The second-order valence-electron chi connectivity index (χ2n) is 3.66. The van der Waals surface area contributed by atoms with Crippen LogP contribution in [0, 0.1) is 0 Å². The van der Waals surface area contributed by atoms with Crippen molar-refractivity contribution >= 4 is 10.9 Å². The van der Waals surface area contributed by atoms with Gasteiger partial charge in [0, 0.05) is 5.56 Å². The maximum absolute atomic E-state index is 11.7. The molecule has 8 heteroatoms. The third-order valence-electron chi connectivity index (χ3n) is 2.59. The molecule has 0 amide bonds. The molecule has 1 aromatic carbocycles. The Bertz CT molecular complexity index is 831. The van der Waals surface area contributed by atoms with Crippen LogP contribution < -0.4 is 11.2 Å². The van der Waals surface area contributed by atoms with Gasteiger partial charge in [-0.15, -0.1) is 0 Å². The van der Waals surface area contributed by atoms with Crippen LogP contribution >= 0.6 is 0 Å². The predicted octanol–water partition coefficient (Wildman–Crippen LogP) is -0.288. The zero-order valence-corrected chi connectivity index (χ0v) is 8.91. The summed E-state index contributed by atoms with van der Waals surface area (Å²) in [6.07, 6.45) is 1.50. The number of aromatic nitrogens is 5. The lowest BCUT2D eigenvalue weighted by Gasteiger charge is -2.01. The number of rotatable bonds is 1. The lowest BCUT2D eigenvalue weighted by Crippen LogP contribution is -2.33. The third-order valence-corrected chi connectivity index (χ3v) is 2.59. The Kier molecular flexibility index (Phi) is 2.03. The lowest BCUT2D eigenvalue weighted by atomic mass is 10.1. The van der Waals surface area contributed by atoms with Gasteiger partial charge in [-0.25, -0.2) is 4.79 Å². The van der Waals surface area contributed by atoms with Crippen LogP contribution in [0.2, 0.25) is 0 Å². The van der Waals surface area contributed by atoms with Crippen molar-refractivity contribution < 1.29 is 5.21 Å². The molecular weight excluding hydrogens is 238 g/mol. The maximum Gasteiger partial charge on any atom is 0.362 e. The first kappa shape index (κ1) is 10.3. The van der Waals surface area contributed by atoms with Crippen molar-refractivity contribution in [1.29, 1.82) is 0 Å². The molecule has 0 atom stereocenters. The van der Waals surface area contributed by atoms with Gasteiger partial charge in [0.25, 0.3) is 5.56 Å². The molecule has 3 rings (SSSR count). The summed E-state index contributed by atoms with van der Waals surface area (Å²) in [5, 5.41) is 19.5. The summed E-state index contributed by atoms with van der Waals surface area (Å²) >= 11 is 0. The minimum absolute atomic E-state index is 0.0366. The fraction of sp³-hybridized carbons (Fsp3) is 0. The largest absolute Gasteiger partial charge is 0.421 e. The quantitative estimate of drug-likeness (QED) is 0.509. The highest BCUT2D eigenvalue weighted by molar-refractivity contribution is 5.82. The average molecular weight is 245 g/mol. The highest BCUT2D eigenvalue weighted by atomic mass is 16.5. The van der Waals surface area contributed by atoms with E-state index in [0.717, 1.165) is 0 Å². The maximum atomic E-state index is 11.7. The molecule has 2 aromatic heterocycles. The van der Waals surface area contributed by atoms with Gasteiger partial charge in [0.15, 0.2) is 0 Å². The Morgan fingerprint density at radius 3 is 2.83 bits per heavy atom. The second-order valence-corrected chi connectivity index (χ2v) is 3.66. The van der Waals surface area contributed by atoms with Crippen LogP contribution in [0.25, 0.3) is 22.2 Å². The third kappa shape index (κ3) is 1.39. The first-order chi connectivity index (χ1) is 8.66. The van der Waals surface area contributed by atoms with Gasteiger partial charge >= 0.3 is 5.69 Å². The van der Waals surface area contributed by atoms with Crippen molar-refractivity contribution in [2.45, 2.75) is 0 Å². The van der Waals surface area contributed by atoms with Crippen molar-refractivity contribution in [2.75, 3.05) is 0 Å². The van der Waals surface area contributed by atoms with Crippen molar-refractivity contribution in [3.05, 3.63) is 45.2 Å². The first-order valence-electron chi connectivity index (χ1n) is 5.01. The Morgan fingerprint density at radius 1 is 1.28 bits per heavy atom. The molecule has 18 heavy (non-hydrogen) atoms. The lowest BCUT2D eigenvalue weighted by molar-refractivity contribution is 0.162. The smallest absolute Gasteiger partial charge is 0.362 e. The molecule has 0 unspecified atom stereocenters. The second kappa shape index (κ2) is 3.55. The molecule has 0 saturated heterocycles. The molecular formula is C10H7N5O3. The van der Waals surface area contributed by atoms with E-state index in [9.17, 15) is 14.8 Å². The van der Waals surface area contributed by atoms with Crippen LogP contribution in [-0.4, -0.2) is 30.3 Å². The van der Waals surface area contributed by atoms with Crippen LogP contribution in [0.4, 0.5) is 0 Å². The standard InChI is InChI=1S/C10H7N5O3/c16-9-6-3-5(8-4-11-14-13-8)1-2-7(6)12-10(17)15(9)18/h1-4,18H,(H,12,17)(H,11,13,14). The number of H-pyrrole nitrogens is 2. The monoisotopic (exact) mass is 245 g/mol. The van der Waals surface area contributed by atoms with Crippen LogP contribution in [0.5, 0.6) is 0 Å². The Hall–Kier alpha value is -2.90. The van der Waals surface area contributed by atoms with Gasteiger partial charge in [-0.1, -0.05) is 10.8 Å². The molecule has 90 valence electrons. The summed E-state index contributed by atoms with van der Waals surface area (Å²) in [5.41, 5.74) is -0.0873. The molecule has 0 aliphatic heterocycles. The minimum Gasteiger partial charge on any atom is -0.421 e. The molecule has 0 bridgehead atoms. The summed E-state index contributed by atoms with van der Waals surface area (Å²) in [7, 11) is 0. The van der Waals surface area contributed by atoms with Crippen molar-refractivity contribution in [2.24, 2.45) is 0 Å². The van der Waals surface area contributed by atoms with E-state index in [-0.39, 0.29) is 10.1 Å². The molecule has 0 aliphatic carbocycles. The van der Waals surface area contributed by atoms with Gasteiger partial charge in [-0.3, -0.25) is 4.79 Å². The molecule has 0 aliphatic rings. The van der Waals surface area contributed by atoms with Crippen LogP contribution in [0.15, 0.2) is 34.0 Å². The van der Waals surface area contributed by atoms with Gasteiger partial charge in [-0.05, 0) is 12.1 Å². The normalized spacial score (nSPS) is 10.9. The highest BCUT2D eigenvalue weighted by Crippen LogP contribution is 2.18. The molecule has 2 heterocycles. The van der Waals surface area contributed by atoms with E-state index < -0.39 is 11.2 Å². The van der Waals surface area contributed by atoms with Crippen LogP contribution in [0.1, 0.15) is 0 Å². The summed E-state index contributed by atoms with van der Waals surface area (Å²) in [6, 6.07) is 4.79. The van der Waals surface area contributed by atoms with Crippen LogP contribution in [-0.2, 0) is 0 Å². The molecule has 0 spiro atoms. The highest BCUT2D eigenvalue weighted by Gasteiger charge is 2.08. The number of fused-ring (bicyclic) bond motifs is 1. The van der Waals surface area contributed by atoms with E-state index in [4.69, 9.17) is 0 Å². The van der Waals surface area contributed by atoms with Crippen molar-refractivity contribution in [1.82, 2.24) is 25.1 Å². The SMILES string of the molecule is O=c1[nH]c2ccc(-c3cn[nH]n3)cc2c(=O)n1O. The molecule has 0 fully saturated rings. The van der Waals surface area contributed by atoms with Gasteiger partial charge in [0.2, 0.25) is 0 Å². The number of aromatic amines is 2. The summed E-state index contributed by atoms with van der Waals surface area (Å²) in [6.45, 7) is 0. The summed E-state index contributed by atoms with van der Waals surface area (Å²) in [4.78, 5) is 25.3. The van der Waals surface area contributed by atoms with Gasteiger partial charge < -0.3 is 10.2 Å². The van der Waals surface area contributed by atoms with E-state index in [0.29, 0.717) is 16.8 Å². The van der Waals surface area contributed by atoms with Gasteiger partial charge in [0.1, 0.15) is 5.69 Å². The van der Waals surface area contributed by atoms with E-state index >= 15 is 0 Å². The summed E-state index contributed by atoms with van der Waals surface area (Å²) in [5.74, 6) is 0. The predicted molar refractivity (Wildman–Crippen MR) is 61.4 cm³/mol. The minimum atomic E-state index is -0.873. The topological polar surface area (TPSA) is 117 Å². The van der Waals surface area contributed by atoms with E-state index in [2.05, 4.69) is 20.4 Å². The van der Waals surface area contributed by atoms with Gasteiger partial charge in [0.05, 0.1) is 17.1 Å². The Balaban J connectivity index is 2.37. The first-order valence-corrected chi connectivity index (χ1v) is 5.01. The summed E-state index contributed by atoms with van der Waals surface area (Å²) < 4.78 is 0.0366. The molecule has 3 N–H and O–H groups in total. The Morgan fingerprint density at radius 2 is 2.11 bits per heavy atom. The zero-order valence-electron chi connectivity index (χ0n) is 8.91. The number of hydrogen-bond acceptors (Lipinski definition) is 5. The number of benzene rings is 1. The van der Waals surface area contributed by atoms with Gasteiger partial charge in [-0.2, -0.15) is 15.4 Å². The van der Waals surface area contributed by atoms with E-state index in [1.807, 2.05) is 0 Å². The fourth-order valence-electron chi connectivity index (χ4n) is 1.70. The molecule has 8 nitrogen and oxygen atoms in total. The van der Waals surface area contributed by atoms with Crippen molar-refractivity contribution in [3.8, 4) is 11.3 Å². The van der Waals surface area contributed by atoms with Crippen LogP contribution in [0.3, 0.4) is 0 Å². The Labute approximate surface area is 98.5 Å². The number of nitrogens with zero attached hydrogens (tertiary/aromatic N) is 3. The number of nitrogens with one attached hydrogen (secondary N) is 2. The van der Waals surface area contributed by atoms with E-state index in [1.165, 1.54) is 12.3 Å². The fourth-order valence-corrected chi connectivity index (χ4v) is 1.70. The molecule has 0 saturated carbocycles. The van der Waals surface area contributed by atoms with Crippen molar-refractivity contribution in [3.63, 3.8) is 0 Å². The molecule has 0 radical (unpaired) electrons.